The monoisotopic (exact) mass is 406 g/mol. The van der Waals surface area contributed by atoms with Crippen molar-refractivity contribution in [2.45, 2.75) is 6.61 Å². The van der Waals surface area contributed by atoms with Crippen LogP contribution in [0.5, 0.6) is 5.75 Å². The van der Waals surface area contributed by atoms with E-state index in [1.165, 1.54) is 18.2 Å². The van der Waals surface area contributed by atoms with Gasteiger partial charge in [-0.25, -0.2) is 4.39 Å². The smallest absolute Gasteiger partial charge is 0.266 e. The van der Waals surface area contributed by atoms with Crippen LogP contribution < -0.4 is 10.1 Å². The van der Waals surface area contributed by atoms with Crippen LogP contribution in [-0.4, -0.2) is 5.91 Å². The number of rotatable bonds is 6. The van der Waals surface area contributed by atoms with Crippen molar-refractivity contribution in [2.24, 2.45) is 0 Å². The number of ether oxygens (including phenoxy) is 1. The molecule has 0 aromatic heterocycles. The quantitative estimate of drug-likeness (QED) is 0.428. The van der Waals surface area contributed by atoms with Gasteiger partial charge in [-0.1, -0.05) is 48.0 Å². The molecule has 3 aromatic rings. The molecule has 6 heteroatoms. The standard InChI is InChI=1S/C23H16ClFN2O2/c24-21-7-4-8-22(25)20(21)15-29-19-11-9-16(10-12-19)13-17(14-26)23(28)27-18-5-2-1-3-6-18/h1-13H,15H2,(H,27,28)/b17-13-. The molecule has 0 aliphatic carbocycles. The average Bonchev–Trinajstić information content (AvgIpc) is 2.73. The normalized spacial score (nSPS) is 10.9. The molecule has 29 heavy (non-hydrogen) atoms. The van der Waals surface area contributed by atoms with E-state index in [9.17, 15) is 14.4 Å². The Balaban J connectivity index is 1.67. The lowest BCUT2D eigenvalue weighted by atomic mass is 10.1. The van der Waals surface area contributed by atoms with Gasteiger partial charge in [0, 0.05) is 11.3 Å². The van der Waals surface area contributed by atoms with Crippen molar-refractivity contribution in [3.8, 4) is 11.8 Å². The predicted octanol–water partition coefficient (Wildman–Crippen LogP) is 5.60. The fourth-order valence-corrected chi connectivity index (χ4v) is 2.74. The van der Waals surface area contributed by atoms with E-state index in [0.29, 0.717) is 22.0 Å². The molecule has 0 saturated carbocycles. The van der Waals surface area contributed by atoms with Gasteiger partial charge in [0.2, 0.25) is 0 Å². The molecule has 1 amide bonds. The van der Waals surface area contributed by atoms with E-state index in [-0.39, 0.29) is 17.7 Å². The number of para-hydroxylation sites is 1. The molecule has 3 rings (SSSR count). The molecule has 1 N–H and O–H groups in total. The summed E-state index contributed by atoms with van der Waals surface area (Å²) < 4.78 is 19.4. The maximum Gasteiger partial charge on any atom is 0.266 e. The maximum atomic E-state index is 13.8. The second kappa shape index (κ2) is 9.54. The van der Waals surface area contributed by atoms with Crippen molar-refractivity contribution >= 4 is 29.3 Å². The van der Waals surface area contributed by atoms with Gasteiger partial charge in [-0.2, -0.15) is 5.26 Å². The van der Waals surface area contributed by atoms with E-state index < -0.39 is 11.7 Å². The number of benzene rings is 3. The fourth-order valence-electron chi connectivity index (χ4n) is 2.52. The Labute approximate surface area is 172 Å². The van der Waals surface area contributed by atoms with E-state index in [0.717, 1.165) is 0 Å². The zero-order chi connectivity index (χ0) is 20.6. The third-order valence-electron chi connectivity index (χ3n) is 4.03. The topological polar surface area (TPSA) is 62.1 Å². The van der Waals surface area contributed by atoms with Gasteiger partial charge in [-0.05, 0) is 48.0 Å². The third-order valence-corrected chi connectivity index (χ3v) is 4.39. The Bertz CT molecular complexity index is 1050. The summed E-state index contributed by atoms with van der Waals surface area (Å²) in [5, 5.41) is 12.3. The lowest BCUT2D eigenvalue weighted by Crippen LogP contribution is -2.13. The number of hydrogen-bond acceptors (Lipinski definition) is 3. The lowest BCUT2D eigenvalue weighted by Gasteiger charge is -2.09. The molecule has 0 bridgehead atoms. The number of carbonyl (C=O) groups is 1. The first kappa shape index (κ1) is 20.1. The number of hydrogen-bond donors (Lipinski definition) is 1. The highest BCUT2D eigenvalue weighted by Crippen LogP contribution is 2.22. The molecule has 3 aromatic carbocycles. The number of nitrogens with one attached hydrogen (secondary N) is 1. The van der Waals surface area contributed by atoms with Crippen LogP contribution in [0.15, 0.2) is 78.4 Å². The number of carbonyl (C=O) groups excluding carboxylic acids is 1. The minimum absolute atomic E-state index is 0.0103. The van der Waals surface area contributed by atoms with Gasteiger partial charge in [0.25, 0.3) is 5.91 Å². The fraction of sp³-hybridized carbons (Fsp3) is 0.0435. The van der Waals surface area contributed by atoms with Crippen LogP contribution in [0.1, 0.15) is 11.1 Å². The highest BCUT2D eigenvalue weighted by atomic mass is 35.5. The molecule has 0 fully saturated rings. The SMILES string of the molecule is N#C/C(=C/c1ccc(OCc2c(F)cccc2Cl)cc1)C(=O)Nc1ccccc1. The molecule has 0 aliphatic rings. The van der Waals surface area contributed by atoms with Crippen molar-refractivity contribution in [2.75, 3.05) is 5.32 Å². The molecule has 0 heterocycles. The first-order chi connectivity index (χ1) is 14.1. The van der Waals surface area contributed by atoms with Crippen LogP contribution in [0.3, 0.4) is 0 Å². The van der Waals surface area contributed by atoms with Gasteiger partial charge in [0.15, 0.2) is 0 Å². The van der Waals surface area contributed by atoms with Crippen LogP contribution in [0.4, 0.5) is 10.1 Å². The Hall–Kier alpha value is -3.62. The van der Waals surface area contributed by atoms with Gasteiger partial charge in [-0.3, -0.25) is 4.79 Å². The Morgan fingerprint density at radius 1 is 1.07 bits per heavy atom. The summed E-state index contributed by atoms with van der Waals surface area (Å²) in [4.78, 5) is 12.3. The van der Waals surface area contributed by atoms with Crippen LogP contribution in [0.25, 0.3) is 6.08 Å². The molecular weight excluding hydrogens is 391 g/mol. The summed E-state index contributed by atoms with van der Waals surface area (Å²) in [6.07, 6.45) is 1.48. The number of nitrogens with zero attached hydrogens (tertiary/aromatic N) is 1. The Morgan fingerprint density at radius 3 is 2.45 bits per heavy atom. The van der Waals surface area contributed by atoms with Crippen molar-refractivity contribution in [1.29, 1.82) is 5.26 Å². The van der Waals surface area contributed by atoms with E-state index in [1.54, 1.807) is 54.6 Å². The van der Waals surface area contributed by atoms with Crippen molar-refractivity contribution in [3.63, 3.8) is 0 Å². The van der Waals surface area contributed by atoms with Gasteiger partial charge in [-0.15, -0.1) is 0 Å². The molecule has 0 saturated heterocycles. The van der Waals surface area contributed by atoms with Crippen molar-refractivity contribution < 1.29 is 13.9 Å². The second-order valence-corrected chi connectivity index (χ2v) is 6.46. The number of anilines is 1. The van der Waals surface area contributed by atoms with E-state index in [1.807, 2.05) is 12.1 Å². The van der Waals surface area contributed by atoms with Gasteiger partial charge in [0.05, 0.1) is 5.02 Å². The largest absolute Gasteiger partial charge is 0.489 e. The Morgan fingerprint density at radius 2 is 1.79 bits per heavy atom. The molecule has 4 nitrogen and oxygen atoms in total. The van der Waals surface area contributed by atoms with E-state index in [2.05, 4.69) is 5.32 Å². The van der Waals surface area contributed by atoms with Crippen LogP contribution in [0, 0.1) is 17.1 Å². The number of halogens is 2. The average molecular weight is 407 g/mol. The minimum atomic E-state index is -0.492. The van der Waals surface area contributed by atoms with Gasteiger partial charge in [0.1, 0.15) is 29.8 Å². The summed E-state index contributed by atoms with van der Waals surface area (Å²) in [7, 11) is 0. The first-order valence-corrected chi connectivity index (χ1v) is 9.08. The molecule has 0 unspecified atom stereocenters. The van der Waals surface area contributed by atoms with E-state index >= 15 is 0 Å². The zero-order valence-corrected chi connectivity index (χ0v) is 16.0. The Kier molecular flexibility index (Phi) is 6.62. The highest BCUT2D eigenvalue weighted by Gasteiger charge is 2.10. The highest BCUT2D eigenvalue weighted by molar-refractivity contribution is 6.31. The molecule has 144 valence electrons. The summed E-state index contributed by atoms with van der Waals surface area (Å²) in [5.41, 5.74) is 1.51. The number of nitriles is 1. The minimum Gasteiger partial charge on any atom is -0.489 e. The molecular formula is C23H16ClFN2O2. The maximum absolute atomic E-state index is 13.8. The van der Waals surface area contributed by atoms with Crippen LogP contribution in [-0.2, 0) is 11.4 Å². The first-order valence-electron chi connectivity index (χ1n) is 8.71. The molecule has 0 spiro atoms. The van der Waals surface area contributed by atoms with Crippen molar-refractivity contribution in [1.82, 2.24) is 0 Å². The third kappa shape index (κ3) is 5.44. The molecule has 0 atom stereocenters. The molecule has 0 radical (unpaired) electrons. The summed E-state index contributed by atoms with van der Waals surface area (Å²) in [6.45, 7) is -0.0103. The lowest BCUT2D eigenvalue weighted by molar-refractivity contribution is -0.112. The predicted molar refractivity (Wildman–Crippen MR) is 111 cm³/mol. The van der Waals surface area contributed by atoms with Crippen LogP contribution in [0.2, 0.25) is 5.02 Å². The zero-order valence-electron chi connectivity index (χ0n) is 15.2. The van der Waals surface area contributed by atoms with Gasteiger partial charge >= 0.3 is 0 Å². The summed E-state index contributed by atoms with van der Waals surface area (Å²) in [5.74, 6) is -0.415. The summed E-state index contributed by atoms with van der Waals surface area (Å²) >= 11 is 5.99. The summed E-state index contributed by atoms with van der Waals surface area (Å²) in [6, 6.07) is 22.0. The second-order valence-electron chi connectivity index (χ2n) is 6.05. The van der Waals surface area contributed by atoms with Crippen molar-refractivity contribution in [3.05, 3.63) is 100 Å². The molecule has 0 aliphatic heterocycles. The van der Waals surface area contributed by atoms with Gasteiger partial charge < -0.3 is 10.1 Å². The van der Waals surface area contributed by atoms with Crippen LogP contribution >= 0.6 is 11.6 Å². The van der Waals surface area contributed by atoms with E-state index in [4.69, 9.17) is 16.3 Å². The number of amides is 1.